The number of rotatable bonds is 8. The van der Waals surface area contributed by atoms with Crippen LogP contribution in [-0.4, -0.2) is 46.8 Å². The molecular formula is C23H23F3N4O6. The minimum Gasteiger partial charge on any atom is -0.497 e. The molecule has 3 aromatic rings. The first kappa shape index (κ1) is 26.2. The Balaban J connectivity index is 1.91. The number of imidazole rings is 1. The molecule has 2 N–H and O–H groups in total. The first-order valence-electron chi connectivity index (χ1n) is 10.4. The summed E-state index contributed by atoms with van der Waals surface area (Å²) in [5.74, 6) is -0.242. The summed E-state index contributed by atoms with van der Waals surface area (Å²) in [4.78, 5) is 27.4. The fourth-order valence-corrected chi connectivity index (χ4v) is 3.39. The minimum atomic E-state index is -4.98. The van der Waals surface area contributed by atoms with Crippen molar-refractivity contribution in [2.75, 3.05) is 14.2 Å². The predicted octanol–water partition coefficient (Wildman–Crippen LogP) is 3.30. The van der Waals surface area contributed by atoms with Crippen LogP contribution in [0.5, 0.6) is 17.2 Å². The summed E-state index contributed by atoms with van der Waals surface area (Å²) in [5, 5.41) is 11.6. The Morgan fingerprint density at radius 1 is 0.972 bits per heavy atom. The number of nitrogens with one attached hydrogen (secondary N) is 1. The zero-order chi connectivity index (χ0) is 26.5. The summed E-state index contributed by atoms with van der Waals surface area (Å²) in [7, 11) is 4.52. The second kappa shape index (κ2) is 10.9. The fraction of sp³-hybridized carbons (Fsp3) is 0.261. The van der Waals surface area contributed by atoms with Gasteiger partial charge in [-0.1, -0.05) is 0 Å². The second-order valence-corrected chi connectivity index (χ2v) is 7.55. The molecule has 0 unspecified atom stereocenters. The maximum Gasteiger partial charge on any atom is 0.573 e. The summed E-state index contributed by atoms with van der Waals surface area (Å²) in [6, 6.07) is 8.48. The first-order chi connectivity index (χ1) is 17.0. The third kappa shape index (κ3) is 7.04. The van der Waals surface area contributed by atoms with Gasteiger partial charge in [-0.3, -0.25) is 4.79 Å². The SMILES string of the molecule is COc1cc(CNC(=O)c2cc(Cn3ccn(C)/c3=N\C(=O)O)cc(OC(F)(F)F)c2)cc(OC)c1. The number of hydrogen-bond acceptors (Lipinski definition) is 5. The number of carboxylic acid groups (broad SMARTS) is 1. The zero-order valence-corrected chi connectivity index (χ0v) is 19.5. The molecule has 2 aromatic carbocycles. The molecular weight excluding hydrogens is 485 g/mol. The largest absolute Gasteiger partial charge is 0.573 e. The molecule has 1 heterocycles. The molecule has 0 radical (unpaired) electrons. The summed E-state index contributed by atoms with van der Waals surface area (Å²) in [5.41, 5.74) is 0.850. The normalized spacial score (nSPS) is 11.8. The van der Waals surface area contributed by atoms with Gasteiger partial charge in [-0.25, -0.2) is 4.79 Å². The van der Waals surface area contributed by atoms with E-state index in [1.807, 2.05) is 0 Å². The number of hydrogen-bond donors (Lipinski definition) is 2. The molecule has 0 aliphatic heterocycles. The number of halogens is 3. The Labute approximate surface area is 203 Å². The van der Waals surface area contributed by atoms with Crippen LogP contribution in [0.3, 0.4) is 0 Å². The molecule has 0 saturated carbocycles. The van der Waals surface area contributed by atoms with E-state index in [1.165, 1.54) is 41.8 Å². The van der Waals surface area contributed by atoms with E-state index in [0.29, 0.717) is 17.1 Å². The quantitative estimate of drug-likeness (QED) is 0.483. The van der Waals surface area contributed by atoms with Gasteiger partial charge in [-0.2, -0.15) is 0 Å². The fourth-order valence-electron chi connectivity index (χ4n) is 3.39. The van der Waals surface area contributed by atoms with Gasteiger partial charge < -0.3 is 33.8 Å². The lowest BCUT2D eigenvalue weighted by molar-refractivity contribution is -0.274. The summed E-state index contributed by atoms with van der Waals surface area (Å²) >= 11 is 0. The zero-order valence-electron chi connectivity index (χ0n) is 19.5. The van der Waals surface area contributed by atoms with E-state index in [2.05, 4.69) is 15.0 Å². The van der Waals surface area contributed by atoms with Gasteiger partial charge in [0.15, 0.2) is 0 Å². The molecule has 192 valence electrons. The van der Waals surface area contributed by atoms with Crippen molar-refractivity contribution in [3.8, 4) is 17.2 Å². The highest BCUT2D eigenvalue weighted by molar-refractivity contribution is 5.94. The van der Waals surface area contributed by atoms with E-state index in [9.17, 15) is 22.8 Å². The van der Waals surface area contributed by atoms with E-state index < -0.39 is 24.1 Å². The molecule has 0 atom stereocenters. The van der Waals surface area contributed by atoms with Crippen LogP contribution in [0.2, 0.25) is 0 Å². The Morgan fingerprint density at radius 3 is 2.19 bits per heavy atom. The van der Waals surface area contributed by atoms with Crippen molar-refractivity contribution in [3.05, 3.63) is 71.1 Å². The molecule has 0 aliphatic rings. The molecule has 13 heteroatoms. The number of carbonyl (C=O) groups is 2. The molecule has 0 spiro atoms. The summed E-state index contributed by atoms with van der Waals surface area (Å²) in [6.45, 7) is -0.0312. The molecule has 10 nitrogen and oxygen atoms in total. The number of aromatic nitrogens is 2. The molecule has 0 aliphatic carbocycles. The van der Waals surface area contributed by atoms with Crippen LogP contribution in [0.4, 0.5) is 18.0 Å². The van der Waals surface area contributed by atoms with Gasteiger partial charge in [0.25, 0.3) is 5.91 Å². The standard InChI is InChI=1S/C23H23F3N4O6/c1-29-4-5-30(21(29)28-22(32)33)13-15-6-16(10-19(9-15)36-23(24,25)26)20(31)27-12-14-7-17(34-2)11-18(8-14)35-3/h4-11H,12-13H2,1-3H3,(H,27,31)(H,32,33)/b28-21+. The number of carbonyl (C=O) groups excluding carboxylic acids is 1. The van der Waals surface area contributed by atoms with Crippen molar-refractivity contribution in [1.29, 1.82) is 0 Å². The lowest BCUT2D eigenvalue weighted by atomic mass is 10.1. The van der Waals surface area contributed by atoms with Gasteiger partial charge in [0.2, 0.25) is 5.62 Å². The highest BCUT2D eigenvalue weighted by atomic mass is 19.4. The number of aryl methyl sites for hydroxylation is 1. The van der Waals surface area contributed by atoms with Gasteiger partial charge >= 0.3 is 12.5 Å². The Kier molecular flexibility index (Phi) is 7.92. The number of alkyl halides is 3. The Morgan fingerprint density at radius 2 is 1.61 bits per heavy atom. The number of ether oxygens (including phenoxy) is 3. The molecule has 0 bridgehead atoms. The van der Waals surface area contributed by atoms with Crippen LogP contribution in [0.15, 0.2) is 53.8 Å². The Bertz CT molecular complexity index is 1310. The van der Waals surface area contributed by atoms with E-state index in [-0.39, 0.29) is 29.8 Å². The van der Waals surface area contributed by atoms with Crippen molar-refractivity contribution in [2.24, 2.45) is 12.0 Å². The lowest BCUT2D eigenvalue weighted by Crippen LogP contribution is -2.26. The molecule has 0 saturated heterocycles. The van der Waals surface area contributed by atoms with E-state index in [0.717, 1.165) is 12.1 Å². The predicted molar refractivity (Wildman–Crippen MR) is 120 cm³/mol. The van der Waals surface area contributed by atoms with Gasteiger partial charge in [-0.15, -0.1) is 18.2 Å². The third-order valence-electron chi connectivity index (χ3n) is 4.92. The summed E-state index contributed by atoms with van der Waals surface area (Å²) < 4.78 is 56.0. The van der Waals surface area contributed by atoms with Crippen LogP contribution in [-0.2, 0) is 20.1 Å². The highest BCUT2D eigenvalue weighted by Gasteiger charge is 2.31. The number of nitrogens with zero attached hydrogens (tertiary/aromatic N) is 3. The monoisotopic (exact) mass is 508 g/mol. The van der Waals surface area contributed by atoms with Crippen molar-refractivity contribution in [1.82, 2.24) is 14.5 Å². The van der Waals surface area contributed by atoms with Crippen molar-refractivity contribution < 1.29 is 42.1 Å². The second-order valence-electron chi connectivity index (χ2n) is 7.55. The smallest absolute Gasteiger partial charge is 0.497 e. The van der Waals surface area contributed by atoms with Crippen molar-refractivity contribution in [2.45, 2.75) is 19.5 Å². The minimum absolute atomic E-state index is 0.0428. The molecule has 3 rings (SSSR count). The van der Waals surface area contributed by atoms with Gasteiger partial charge in [0, 0.05) is 37.6 Å². The molecule has 2 amide bonds. The third-order valence-corrected chi connectivity index (χ3v) is 4.92. The van der Waals surface area contributed by atoms with Gasteiger partial charge in [0.05, 0.1) is 20.8 Å². The van der Waals surface area contributed by atoms with Crippen LogP contribution in [0.1, 0.15) is 21.5 Å². The van der Waals surface area contributed by atoms with E-state index in [1.54, 1.807) is 25.2 Å². The van der Waals surface area contributed by atoms with Crippen molar-refractivity contribution >= 4 is 12.0 Å². The highest BCUT2D eigenvalue weighted by Crippen LogP contribution is 2.26. The maximum atomic E-state index is 12.9. The van der Waals surface area contributed by atoms with Crippen LogP contribution in [0.25, 0.3) is 0 Å². The summed E-state index contributed by atoms with van der Waals surface area (Å²) in [6.07, 6.45) is -3.37. The van der Waals surface area contributed by atoms with Gasteiger partial charge in [-0.05, 0) is 41.5 Å². The van der Waals surface area contributed by atoms with Gasteiger partial charge in [0.1, 0.15) is 17.2 Å². The van der Waals surface area contributed by atoms with E-state index in [4.69, 9.17) is 14.6 Å². The lowest BCUT2D eigenvalue weighted by Gasteiger charge is -2.14. The first-order valence-corrected chi connectivity index (χ1v) is 10.4. The average Bonchev–Trinajstić information content (AvgIpc) is 3.14. The molecule has 36 heavy (non-hydrogen) atoms. The molecule has 1 aromatic heterocycles. The van der Waals surface area contributed by atoms with Crippen molar-refractivity contribution in [3.63, 3.8) is 0 Å². The Hall–Kier alpha value is -4.42. The van der Waals surface area contributed by atoms with Crippen LogP contribution < -0.4 is 25.1 Å². The topological polar surface area (TPSA) is 116 Å². The number of benzene rings is 2. The van der Waals surface area contributed by atoms with Crippen LogP contribution in [0, 0.1) is 0 Å². The molecule has 0 fully saturated rings. The number of methoxy groups -OCH3 is 2. The average molecular weight is 508 g/mol. The number of amides is 2. The van der Waals surface area contributed by atoms with Crippen LogP contribution >= 0.6 is 0 Å². The maximum absolute atomic E-state index is 12.9. The van der Waals surface area contributed by atoms with E-state index >= 15 is 0 Å².